The minimum atomic E-state index is 0.375. The highest BCUT2D eigenvalue weighted by atomic mass is 35.5. The van der Waals surface area contributed by atoms with Crippen molar-refractivity contribution in [3.05, 3.63) is 22.8 Å². The lowest BCUT2D eigenvalue weighted by Crippen LogP contribution is -2.40. The Morgan fingerprint density at radius 1 is 1.40 bits per heavy atom. The van der Waals surface area contributed by atoms with Gasteiger partial charge >= 0.3 is 0 Å². The summed E-state index contributed by atoms with van der Waals surface area (Å²) in [5, 5.41) is 4.13. The third-order valence-corrected chi connectivity index (χ3v) is 4.19. The first kappa shape index (κ1) is 15.6. The summed E-state index contributed by atoms with van der Waals surface area (Å²) < 4.78 is 0. The van der Waals surface area contributed by atoms with Crippen molar-refractivity contribution in [2.24, 2.45) is 5.41 Å². The van der Waals surface area contributed by atoms with Gasteiger partial charge in [0, 0.05) is 19.6 Å². The van der Waals surface area contributed by atoms with E-state index in [1.165, 1.54) is 12.8 Å². The van der Waals surface area contributed by atoms with E-state index in [0.29, 0.717) is 5.41 Å². The van der Waals surface area contributed by atoms with Crippen LogP contribution >= 0.6 is 11.6 Å². The first-order chi connectivity index (χ1) is 9.52. The van der Waals surface area contributed by atoms with Gasteiger partial charge in [-0.1, -0.05) is 32.4 Å². The molecular formula is C16H26ClN3. The van der Waals surface area contributed by atoms with E-state index in [0.717, 1.165) is 49.1 Å². The lowest BCUT2D eigenvalue weighted by molar-refractivity contribution is 0.292. The van der Waals surface area contributed by atoms with Gasteiger partial charge in [0.2, 0.25) is 0 Å². The molecule has 3 nitrogen and oxygen atoms in total. The molecule has 4 heteroatoms. The third kappa shape index (κ3) is 4.10. The van der Waals surface area contributed by atoms with Crippen molar-refractivity contribution in [2.45, 2.75) is 46.6 Å². The van der Waals surface area contributed by atoms with Crippen LogP contribution in [-0.2, 0) is 6.54 Å². The van der Waals surface area contributed by atoms with E-state index < -0.39 is 0 Å². The molecule has 1 N–H and O–H groups in total. The summed E-state index contributed by atoms with van der Waals surface area (Å²) in [6.45, 7) is 10.7. The second kappa shape index (κ2) is 6.77. The molecule has 0 aliphatic carbocycles. The molecule has 112 valence electrons. The average molecular weight is 296 g/mol. The fourth-order valence-corrected chi connectivity index (χ4v) is 2.95. The Hall–Kier alpha value is -0.800. The summed E-state index contributed by atoms with van der Waals surface area (Å²) in [6.07, 6.45) is 3.65. The summed E-state index contributed by atoms with van der Waals surface area (Å²) >= 11 is 6.25. The fourth-order valence-electron chi connectivity index (χ4n) is 2.78. The first-order valence-corrected chi connectivity index (χ1v) is 8.01. The van der Waals surface area contributed by atoms with Gasteiger partial charge < -0.3 is 10.2 Å². The number of rotatable bonds is 5. The molecule has 1 aliphatic rings. The molecule has 0 saturated carbocycles. The van der Waals surface area contributed by atoms with E-state index in [4.69, 9.17) is 16.6 Å². The summed E-state index contributed by atoms with van der Waals surface area (Å²) in [7, 11) is 0. The van der Waals surface area contributed by atoms with Crippen LogP contribution in [0.15, 0.2) is 12.1 Å². The Labute approximate surface area is 127 Å². The van der Waals surface area contributed by atoms with Gasteiger partial charge in [0.25, 0.3) is 0 Å². The average Bonchev–Trinajstić information content (AvgIpc) is 2.40. The topological polar surface area (TPSA) is 28.2 Å². The van der Waals surface area contributed by atoms with E-state index in [1.807, 2.05) is 12.1 Å². The van der Waals surface area contributed by atoms with Crippen LogP contribution in [-0.4, -0.2) is 24.6 Å². The van der Waals surface area contributed by atoms with Crippen LogP contribution in [0.3, 0.4) is 0 Å². The Kier molecular flexibility index (Phi) is 5.28. The van der Waals surface area contributed by atoms with Gasteiger partial charge in [-0.25, -0.2) is 4.98 Å². The van der Waals surface area contributed by atoms with Gasteiger partial charge in [0.15, 0.2) is 0 Å². The largest absolute Gasteiger partial charge is 0.356 e. The Morgan fingerprint density at radius 2 is 2.20 bits per heavy atom. The summed E-state index contributed by atoms with van der Waals surface area (Å²) in [5.74, 6) is 1.07. The minimum Gasteiger partial charge on any atom is -0.356 e. The highest BCUT2D eigenvalue weighted by Gasteiger charge is 2.27. The molecule has 0 aromatic carbocycles. The third-order valence-electron chi connectivity index (χ3n) is 3.85. The second-order valence-electron chi connectivity index (χ2n) is 6.46. The van der Waals surface area contributed by atoms with E-state index in [1.54, 1.807) is 0 Å². The number of halogens is 1. The number of nitrogens with one attached hydrogen (secondary N) is 1. The summed E-state index contributed by atoms with van der Waals surface area (Å²) in [6, 6.07) is 4.03. The van der Waals surface area contributed by atoms with Gasteiger partial charge in [-0.2, -0.15) is 0 Å². The lowest BCUT2D eigenvalue weighted by atomic mass is 9.84. The van der Waals surface area contributed by atoms with Crippen LogP contribution in [0.1, 0.15) is 45.7 Å². The number of nitrogens with zero attached hydrogens (tertiary/aromatic N) is 2. The molecule has 20 heavy (non-hydrogen) atoms. The molecule has 2 rings (SSSR count). The predicted octanol–water partition coefficient (Wildman–Crippen LogP) is 3.86. The van der Waals surface area contributed by atoms with Gasteiger partial charge in [-0.15, -0.1) is 0 Å². The quantitative estimate of drug-likeness (QED) is 0.836. The zero-order valence-corrected chi connectivity index (χ0v) is 13.6. The maximum atomic E-state index is 6.25. The zero-order chi connectivity index (χ0) is 14.6. The number of pyridine rings is 1. The predicted molar refractivity (Wildman–Crippen MR) is 86.5 cm³/mol. The fraction of sp³-hybridized carbons (Fsp3) is 0.688. The normalized spacial score (nSPS) is 18.3. The molecule has 0 unspecified atom stereocenters. The van der Waals surface area contributed by atoms with Crippen molar-refractivity contribution in [1.29, 1.82) is 0 Å². The molecule has 1 fully saturated rings. The van der Waals surface area contributed by atoms with Crippen LogP contribution in [0.4, 0.5) is 5.82 Å². The van der Waals surface area contributed by atoms with Crippen LogP contribution in [0.5, 0.6) is 0 Å². The number of hydrogen-bond acceptors (Lipinski definition) is 3. The van der Waals surface area contributed by atoms with Gasteiger partial charge in [0.1, 0.15) is 5.82 Å². The van der Waals surface area contributed by atoms with Gasteiger partial charge in [0.05, 0.1) is 10.7 Å². The van der Waals surface area contributed by atoms with E-state index >= 15 is 0 Å². The molecule has 1 aromatic rings. The van der Waals surface area contributed by atoms with Crippen molar-refractivity contribution in [2.75, 3.05) is 24.5 Å². The lowest BCUT2D eigenvalue weighted by Gasteiger charge is -2.38. The van der Waals surface area contributed by atoms with E-state index in [2.05, 4.69) is 31.0 Å². The number of aromatic nitrogens is 1. The van der Waals surface area contributed by atoms with Crippen LogP contribution in [0, 0.1) is 5.41 Å². The van der Waals surface area contributed by atoms with Crippen molar-refractivity contribution < 1.29 is 0 Å². The minimum absolute atomic E-state index is 0.375. The second-order valence-corrected chi connectivity index (χ2v) is 6.87. The molecule has 1 aromatic heterocycles. The molecule has 1 aliphatic heterocycles. The van der Waals surface area contributed by atoms with Crippen LogP contribution < -0.4 is 10.2 Å². The molecule has 0 bridgehead atoms. The summed E-state index contributed by atoms with van der Waals surface area (Å²) in [5.41, 5.74) is 1.33. The van der Waals surface area contributed by atoms with Crippen molar-refractivity contribution in [3.63, 3.8) is 0 Å². The summed E-state index contributed by atoms with van der Waals surface area (Å²) in [4.78, 5) is 7.16. The van der Waals surface area contributed by atoms with Crippen LogP contribution in [0.25, 0.3) is 0 Å². The maximum absolute atomic E-state index is 6.25. The zero-order valence-electron chi connectivity index (χ0n) is 12.9. The standard InChI is InChI=1S/C16H26ClN3/c1-4-9-18-11-14-13(17)6-7-15(19-14)20-10-5-8-16(2,3)12-20/h6-7,18H,4-5,8-12H2,1-3H3. The molecule has 0 spiro atoms. The molecule has 2 heterocycles. The number of anilines is 1. The highest BCUT2D eigenvalue weighted by molar-refractivity contribution is 6.31. The van der Waals surface area contributed by atoms with Crippen LogP contribution in [0.2, 0.25) is 5.02 Å². The number of piperidine rings is 1. The van der Waals surface area contributed by atoms with Gasteiger partial charge in [-0.05, 0) is 43.4 Å². The molecular weight excluding hydrogens is 270 g/mol. The molecule has 0 amide bonds. The van der Waals surface area contributed by atoms with Crippen molar-refractivity contribution in [1.82, 2.24) is 10.3 Å². The van der Waals surface area contributed by atoms with E-state index in [9.17, 15) is 0 Å². The van der Waals surface area contributed by atoms with Gasteiger partial charge in [-0.3, -0.25) is 0 Å². The Balaban J connectivity index is 2.10. The van der Waals surface area contributed by atoms with E-state index in [-0.39, 0.29) is 0 Å². The molecule has 0 atom stereocenters. The Morgan fingerprint density at radius 3 is 2.90 bits per heavy atom. The molecule has 1 saturated heterocycles. The number of hydrogen-bond donors (Lipinski definition) is 1. The molecule has 0 radical (unpaired) electrons. The monoisotopic (exact) mass is 295 g/mol. The maximum Gasteiger partial charge on any atom is 0.128 e. The van der Waals surface area contributed by atoms with Crippen molar-refractivity contribution >= 4 is 17.4 Å². The Bertz CT molecular complexity index is 445. The highest BCUT2D eigenvalue weighted by Crippen LogP contribution is 2.31. The smallest absolute Gasteiger partial charge is 0.128 e. The first-order valence-electron chi connectivity index (χ1n) is 7.63. The SMILES string of the molecule is CCCNCc1nc(N2CCCC(C)(C)C2)ccc1Cl. The van der Waals surface area contributed by atoms with Crippen molar-refractivity contribution in [3.8, 4) is 0 Å².